The molecule has 0 saturated carbocycles. The Kier molecular flexibility index (Phi) is 5.91. The quantitative estimate of drug-likeness (QED) is 0.512. The molecule has 0 aromatic rings. The van der Waals surface area contributed by atoms with Crippen LogP contribution in [0.3, 0.4) is 0 Å². The summed E-state index contributed by atoms with van der Waals surface area (Å²) >= 11 is 16.6. The first kappa shape index (κ1) is 20.0. The van der Waals surface area contributed by atoms with Gasteiger partial charge in [0.05, 0.1) is 6.61 Å². The van der Waals surface area contributed by atoms with E-state index >= 15 is 0 Å². The van der Waals surface area contributed by atoms with Gasteiger partial charge in [-0.25, -0.2) is 0 Å². The highest BCUT2D eigenvalue weighted by molar-refractivity contribution is 6.76. The summed E-state index contributed by atoms with van der Waals surface area (Å²) in [6.07, 6.45) is -4.06. The Morgan fingerprint density at radius 1 is 1.33 bits per heavy atom. The number of carbonyl (C=O) groups is 2. The Balaban J connectivity index is 2.26. The molecule has 0 aromatic heterocycles. The van der Waals surface area contributed by atoms with Crippen molar-refractivity contribution in [2.24, 2.45) is 0 Å². The van der Waals surface area contributed by atoms with E-state index in [1.54, 1.807) is 13.8 Å². The molecule has 24 heavy (non-hydrogen) atoms. The number of aliphatic hydroxyl groups is 1. The second-order valence-electron chi connectivity index (χ2n) is 5.93. The van der Waals surface area contributed by atoms with E-state index in [0.29, 0.717) is 0 Å². The molecule has 0 radical (unpaired) electrons. The molecule has 2 aliphatic rings. The predicted molar refractivity (Wildman–Crippen MR) is 83.6 cm³/mol. The average molecular weight is 407 g/mol. The number of hydrogen-bond acceptors (Lipinski definition) is 7. The van der Waals surface area contributed by atoms with E-state index in [1.807, 2.05) is 0 Å². The molecule has 1 amide bonds. The van der Waals surface area contributed by atoms with Gasteiger partial charge in [-0.05, 0) is 13.8 Å². The monoisotopic (exact) mass is 405 g/mol. The largest absolute Gasteiger partial charge is 0.457 e. The number of hydrogen-bond donors (Lipinski definition) is 2. The standard InChI is InChI=1S/C13H18Cl3NO7/c1-5(18)22-9-7(17-11(20)13(14,15)16)10(19)23-6-4-21-12(2,3)24-8(6)9/h6-10,19H,4H2,1-3H3,(H,17,20)/t6-,7-,8-,9-,10-/m1/s1. The molecule has 2 fully saturated rings. The summed E-state index contributed by atoms with van der Waals surface area (Å²) in [4.78, 5) is 23.4. The smallest absolute Gasteiger partial charge is 0.303 e. The lowest BCUT2D eigenvalue weighted by Gasteiger charge is -2.49. The molecule has 5 atom stereocenters. The second kappa shape index (κ2) is 7.11. The number of nitrogens with one attached hydrogen (secondary N) is 1. The van der Waals surface area contributed by atoms with Crippen LogP contribution in [-0.2, 0) is 28.5 Å². The van der Waals surface area contributed by atoms with E-state index < -0.39 is 52.1 Å². The summed E-state index contributed by atoms with van der Waals surface area (Å²) < 4.78 is 19.6. The van der Waals surface area contributed by atoms with Crippen molar-refractivity contribution in [1.29, 1.82) is 0 Å². The molecule has 0 bridgehead atoms. The maximum atomic E-state index is 11.9. The van der Waals surface area contributed by atoms with Gasteiger partial charge in [0.15, 0.2) is 18.2 Å². The fourth-order valence-electron chi connectivity index (χ4n) is 2.56. The van der Waals surface area contributed by atoms with Crippen molar-refractivity contribution in [1.82, 2.24) is 5.32 Å². The molecule has 2 N–H and O–H groups in total. The fraction of sp³-hybridized carbons (Fsp3) is 0.846. The van der Waals surface area contributed by atoms with Crippen molar-refractivity contribution in [3.63, 3.8) is 0 Å². The Morgan fingerprint density at radius 2 is 1.96 bits per heavy atom. The third-order valence-electron chi connectivity index (χ3n) is 3.54. The van der Waals surface area contributed by atoms with E-state index in [4.69, 9.17) is 53.8 Å². The van der Waals surface area contributed by atoms with E-state index in [-0.39, 0.29) is 6.61 Å². The Bertz CT molecular complexity index is 510. The van der Waals surface area contributed by atoms with Crippen LogP contribution in [0.1, 0.15) is 20.8 Å². The Labute approximate surface area is 153 Å². The molecule has 2 aliphatic heterocycles. The minimum atomic E-state index is -2.26. The van der Waals surface area contributed by atoms with Crippen molar-refractivity contribution in [3.05, 3.63) is 0 Å². The minimum absolute atomic E-state index is 0.109. The summed E-state index contributed by atoms with van der Waals surface area (Å²) in [5.41, 5.74) is 0. The summed E-state index contributed by atoms with van der Waals surface area (Å²) in [6, 6.07) is -1.19. The zero-order chi connectivity index (χ0) is 18.3. The van der Waals surface area contributed by atoms with Gasteiger partial charge < -0.3 is 29.4 Å². The minimum Gasteiger partial charge on any atom is -0.457 e. The second-order valence-corrected chi connectivity index (χ2v) is 8.21. The van der Waals surface area contributed by atoms with E-state index in [1.165, 1.54) is 6.92 Å². The molecule has 0 aliphatic carbocycles. The molecule has 2 saturated heterocycles. The number of fused-ring (bicyclic) bond motifs is 1. The summed E-state index contributed by atoms with van der Waals surface area (Å²) in [6.45, 7) is 4.65. The van der Waals surface area contributed by atoms with Crippen molar-refractivity contribution in [3.8, 4) is 0 Å². The van der Waals surface area contributed by atoms with Gasteiger partial charge >= 0.3 is 5.97 Å². The van der Waals surface area contributed by atoms with E-state index in [9.17, 15) is 14.7 Å². The normalized spacial score (nSPS) is 35.7. The number of aliphatic hydroxyl groups excluding tert-OH is 1. The highest BCUT2D eigenvalue weighted by Gasteiger charge is 2.53. The van der Waals surface area contributed by atoms with Crippen LogP contribution in [0.15, 0.2) is 0 Å². The first-order valence-corrected chi connectivity index (χ1v) is 8.24. The fourth-order valence-corrected chi connectivity index (χ4v) is 2.72. The maximum absolute atomic E-state index is 11.9. The zero-order valence-corrected chi connectivity index (χ0v) is 15.4. The van der Waals surface area contributed by atoms with Crippen LogP contribution in [0.2, 0.25) is 0 Å². The van der Waals surface area contributed by atoms with Gasteiger partial charge in [-0.15, -0.1) is 0 Å². The molecule has 138 valence electrons. The molecule has 0 spiro atoms. The molecule has 8 nitrogen and oxygen atoms in total. The molecule has 2 rings (SSSR count). The number of esters is 1. The van der Waals surface area contributed by atoms with Gasteiger partial charge in [0.1, 0.15) is 18.2 Å². The molecule has 0 aromatic carbocycles. The molecular weight excluding hydrogens is 389 g/mol. The van der Waals surface area contributed by atoms with Crippen LogP contribution in [0.4, 0.5) is 0 Å². The van der Waals surface area contributed by atoms with Gasteiger partial charge in [0, 0.05) is 6.92 Å². The Hall–Kier alpha value is -0.350. The van der Waals surface area contributed by atoms with Gasteiger partial charge in [0.2, 0.25) is 0 Å². The number of alkyl halides is 3. The van der Waals surface area contributed by atoms with Crippen LogP contribution in [0, 0.1) is 0 Å². The topological polar surface area (TPSA) is 103 Å². The van der Waals surface area contributed by atoms with Crippen LogP contribution >= 0.6 is 34.8 Å². The SMILES string of the molecule is CC(=O)O[C@@H]1[C@@H](NC(=O)C(Cl)(Cl)Cl)[C@H](O)O[C@@H]2COC(C)(C)O[C@@H]12. The lowest BCUT2D eigenvalue weighted by molar-refractivity contribution is -0.364. The molecule has 0 unspecified atom stereocenters. The highest BCUT2D eigenvalue weighted by atomic mass is 35.6. The third-order valence-corrected chi connectivity index (χ3v) is 4.05. The van der Waals surface area contributed by atoms with Crippen molar-refractivity contribution < 1.29 is 33.6 Å². The van der Waals surface area contributed by atoms with Crippen molar-refractivity contribution in [2.75, 3.05) is 6.61 Å². The highest BCUT2D eigenvalue weighted by Crippen LogP contribution is 2.34. The summed E-state index contributed by atoms with van der Waals surface area (Å²) in [5.74, 6) is -2.59. The van der Waals surface area contributed by atoms with Crippen molar-refractivity contribution >= 4 is 46.7 Å². The summed E-state index contributed by atoms with van der Waals surface area (Å²) in [5, 5.41) is 12.5. The van der Waals surface area contributed by atoms with Crippen molar-refractivity contribution in [2.45, 2.75) is 61.0 Å². The summed E-state index contributed by atoms with van der Waals surface area (Å²) in [7, 11) is 0. The van der Waals surface area contributed by atoms with Gasteiger partial charge in [-0.3, -0.25) is 9.59 Å². The maximum Gasteiger partial charge on any atom is 0.303 e. The van der Waals surface area contributed by atoms with E-state index in [2.05, 4.69) is 5.32 Å². The lowest BCUT2D eigenvalue weighted by atomic mass is 9.95. The average Bonchev–Trinajstić information content (AvgIpc) is 2.41. The molecule has 2 heterocycles. The number of ether oxygens (including phenoxy) is 4. The molecule has 11 heteroatoms. The number of carbonyl (C=O) groups excluding carboxylic acids is 2. The number of halogens is 3. The Morgan fingerprint density at radius 3 is 2.50 bits per heavy atom. The lowest BCUT2D eigenvalue weighted by Crippen LogP contribution is -2.69. The van der Waals surface area contributed by atoms with Crippen LogP contribution in [0.5, 0.6) is 0 Å². The number of amides is 1. The third kappa shape index (κ3) is 4.63. The first-order valence-electron chi connectivity index (χ1n) is 7.11. The molecular formula is C13H18Cl3NO7. The number of rotatable bonds is 2. The first-order chi connectivity index (χ1) is 10.9. The van der Waals surface area contributed by atoms with Crippen LogP contribution in [0.25, 0.3) is 0 Å². The van der Waals surface area contributed by atoms with E-state index in [0.717, 1.165) is 0 Å². The zero-order valence-electron chi connectivity index (χ0n) is 13.1. The van der Waals surface area contributed by atoms with Gasteiger partial charge in [-0.2, -0.15) is 0 Å². The van der Waals surface area contributed by atoms with Gasteiger partial charge in [-0.1, -0.05) is 34.8 Å². The van der Waals surface area contributed by atoms with Crippen LogP contribution < -0.4 is 5.32 Å². The van der Waals surface area contributed by atoms with Gasteiger partial charge in [0.25, 0.3) is 9.70 Å². The van der Waals surface area contributed by atoms with Crippen LogP contribution in [-0.4, -0.2) is 63.8 Å². The predicted octanol–water partition coefficient (Wildman–Crippen LogP) is 0.642.